The highest BCUT2D eigenvalue weighted by molar-refractivity contribution is 9.10. The number of carbonyl (C=O) groups excluding carboxylic acids is 1. The van der Waals surface area contributed by atoms with Crippen molar-refractivity contribution < 1.29 is 9.18 Å². The first-order chi connectivity index (χ1) is 9.31. The minimum absolute atomic E-state index is 0.00625. The molecule has 0 aromatic heterocycles. The van der Waals surface area contributed by atoms with E-state index in [-0.39, 0.29) is 11.3 Å². The molecule has 2 aromatic carbocycles. The fourth-order valence-corrected chi connectivity index (χ4v) is 2.85. The van der Waals surface area contributed by atoms with Gasteiger partial charge in [-0.1, -0.05) is 29.3 Å². The Morgan fingerprint density at radius 3 is 2.20 bits per heavy atom. The molecular weight excluding hydrogens is 343 g/mol. The fourth-order valence-electron chi connectivity index (χ4n) is 2.37. The van der Waals surface area contributed by atoms with E-state index in [1.165, 1.54) is 12.1 Å². The third-order valence-electron chi connectivity index (χ3n) is 3.16. The van der Waals surface area contributed by atoms with E-state index in [4.69, 9.17) is 11.6 Å². The molecule has 0 saturated heterocycles. The topological polar surface area (TPSA) is 17.1 Å². The Morgan fingerprint density at radius 2 is 1.65 bits per heavy atom. The van der Waals surface area contributed by atoms with Crippen LogP contribution in [0.4, 0.5) is 4.39 Å². The van der Waals surface area contributed by atoms with Gasteiger partial charge in [0.25, 0.3) is 0 Å². The van der Waals surface area contributed by atoms with Gasteiger partial charge < -0.3 is 0 Å². The zero-order valence-corrected chi connectivity index (χ0v) is 13.7. The van der Waals surface area contributed by atoms with Crippen LogP contribution in [0.1, 0.15) is 32.6 Å². The van der Waals surface area contributed by atoms with Gasteiger partial charge in [-0.25, -0.2) is 4.39 Å². The molecule has 0 atom stereocenters. The monoisotopic (exact) mass is 354 g/mol. The maximum atomic E-state index is 14.0. The highest BCUT2D eigenvalue weighted by Crippen LogP contribution is 2.28. The van der Waals surface area contributed by atoms with Gasteiger partial charge in [-0.05, 0) is 60.0 Å². The molecule has 0 N–H and O–H groups in total. The maximum absolute atomic E-state index is 14.0. The normalized spacial score (nSPS) is 10.7. The molecule has 0 radical (unpaired) electrons. The van der Waals surface area contributed by atoms with Crippen LogP contribution in [-0.2, 0) is 0 Å². The number of halogens is 3. The predicted molar refractivity (Wildman–Crippen MR) is 83.2 cm³/mol. The third kappa shape index (κ3) is 2.79. The first-order valence-corrected chi connectivity index (χ1v) is 7.25. The Labute approximate surface area is 130 Å². The highest BCUT2D eigenvalue weighted by Gasteiger charge is 2.19. The van der Waals surface area contributed by atoms with Gasteiger partial charge in [-0.3, -0.25) is 4.79 Å². The summed E-state index contributed by atoms with van der Waals surface area (Å²) in [6.07, 6.45) is 0. The minimum Gasteiger partial charge on any atom is -0.288 e. The number of rotatable bonds is 2. The zero-order chi connectivity index (χ0) is 15.0. The third-order valence-corrected chi connectivity index (χ3v) is 4.36. The lowest BCUT2D eigenvalue weighted by Crippen LogP contribution is -2.09. The van der Waals surface area contributed by atoms with E-state index in [1.54, 1.807) is 0 Å². The summed E-state index contributed by atoms with van der Waals surface area (Å²) in [4.78, 5) is 12.6. The van der Waals surface area contributed by atoms with Crippen molar-refractivity contribution >= 4 is 33.3 Å². The van der Waals surface area contributed by atoms with Gasteiger partial charge in [0.15, 0.2) is 5.78 Å². The lowest BCUT2D eigenvalue weighted by molar-refractivity contribution is 0.103. The summed E-state index contributed by atoms with van der Waals surface area (Å²) in [5, 5.41) is 0.317. The summed E-state index contributed by atoms with van der Waals surface area (Å²) in [5.74, 6) is -0.919. The molecule has 104 valence electrons. The molecule has 0 heterocycles. The lowest BCUT2D eigenvalue weighted by atomic mass is 9.93. The SMILES string of the molecule is Cc1cc(C)c(C(=O)c2cc(Cl)c(Br)cc2F)c(C)c1. The van der Waals surface area contributed by atoms with Crippen molar-refractivity contribution in [3.8, 4) is 0 Å². The quantitative estimate of drug-likeness (QED) is 0.521. The van der Waals surface area contributed by atoms with Crippen molar-refractivity contribution in [2.24, 2.45) is 0 Å². The molecule has 0 aliphatic heterocycles. The molecular formula is C16H13BrClFO. The van der Waals surface area contributed by atoms with Crippen LogP contribution < -0.4 is 0 Å². The molecule has 1 nitrogen and oxygen atoms in total. The van der Waals surface area contributed by atoms with Crippen molar-refractivity contribution in [1.82, 2.24) is 0 Å². The van der Waals surface area contributed by atoms with Crippen molar-refractivity contribution in [2.75, 3.05) is 0 Å². The number of hydrogen-bond donors (Lipinski definition) is 0. The molecule has 0 aliphatic rings. The summed E-state index contributed by atoms with van der Waals surface area (Å²) in [6.45, 7) is 5.67. The molecule has 4 heteroatoms. The zero-order valence-electron chi connectivity index (χ0n) is 11.4. The predicted octanol–water partition coefficient (Wildman–Crippen LogP) is 5.40. The largest absolute Gasteiger partial charge is 0.288 e. The summed E-state index contributed by atoms with van der Waals surface area (Å²) >= 11 is 9.10. The van der Waals surface area contributed by atoms with Gasteiger partial charge in [-0.2, -0.15) is 0 Å². The number of carbonyl (C=O) groups is 1. The van der Waals surface area contributed by atoms with E-state index in [0.717, 1.165) is 16.7 Å². The van der Waals surface area contributed by atoms with Crippen LogP contribution in [0.15, 0.2) is 28.7 Å². The molecule has 2 rings (SSSR count). The maximum Gasteiger partial charge on any atom is 0.196 e. The smallest absolute Gasteiger partial charge is 0.196 e. The van der Waals surface area contributed by atoms with Gasteiger partial charge in [0.1, 0.15) is 5.82 Å². The van der Waals surface area contributed by atoms with Crippen molar-refractivity contribution in [1.29, 1.82) is 0 Å². The molecule has 0 amide bonds. The summed E-state index contributed by atoms with van der Waals surface area (Å²) in [6, 6.07) is 6.41. The Kier molecular flexibility index (Phi) is 4.31. The van der Waals surface area contributed by atoms with E-state index < -0.39 is 5.82 Å². The average Bonchev–Trinajstić information content (AvgIpc) is 2.32. The molecule has 0 fully saturated rings. The number of hydrogen-bond acceptors (Lipinski definition) is 1. The molecule has 20 heavy (non-hydrogen) atoms. The second kappa shape index (κ2) is 5.66. The van der Waals surface area contributed by atoms with Crippen LogP contribution in [0.25, 0.3) is 0 Å². The van der Waals surface area contributed by atoms with Crippen LogP contribution in [0, 0.1) is 26.6 Å². The van der Waals surface area contributed by atoms with Crippen molar-refractivity contribution in [2.45, 2.75) is 20.8 Å². The Bertz CT molecular complexity index is 687. The average molecular weight is 356 g/mol. The summed E-state index contributed by atoms with van der Waals surface area (Å²) in [7, 11) is 0. The van der Waals surface area contributed by atoms with Gasteiger partial charge in [0, 0.05) is 10.0 Å². The van der Waals surface area contributed by atoms with Crippen LogP contribution in [0.2, 0.25) is 5.02 Å². The second-order valence-corrected chi connectivity index (χ2v) is 6.11. The van der Waals surface area contributed by atoms with Gasteiger partial charge in [-0.15, -0.1) is 0 Å². The molecule has 2 aromatic rings. The van der Waals surface area contributed by atoms with E-state index in [0.29, 0.717) is 15.1 Å². The van der Waals surface area contributed by atoms with Gasteiger partial charge >= 0.3 is 0 Å². The van der Waals surface area contributed by atoms with E-state index in [2.05, 4.69) is 15.9 Å². The molecule has 0 unspecified atom stereocenters. The molecule has 0 bridgehead atoms. The second-order valence-electron chi connectivity index (χ2n) is 4.85. The van der Waals surface area contributed by atoms with Crippen LogP contribution in [0.3, 0.4) is 0 Å². The molecule has 0 saturated carbocycles. The van der Waals surface area contributed by atoms with Crippen LogP contribution in [-0.4, -0.2) is 5.78 Å². The molecule has 0 spiro atoms. The minimum atomic E-state index is -0.578. The van der Waals surface area contributed by atoms with Crippen LogP contribution >= 0.6 is 27.5 Å². The van der Waals surface area contributed by atoms with E-state index >= 15 is 0 Å². The Morgan fingerprint density at radius 1 is 1.10 bits per heavy atom. The summed E-state index contributed by atoms with van der Waals surface area (Å²) in [5.41, 5.74) is 3.28. The standard InChI is InChI=1S/C16H13BrClFO/c1-8-4-9(2)15(10(3)5-8)16(20)11-6-13(18)12(17)7-14(11)19/h4-7H,1-3H3. The first-order valence-electron chi connectivity index (χ1n) is 6.08. The highest BCUT2D eigenvalue weighted by atomic mass is 79.9. The Balaban J connectivity index is 2.61. The first kappa shape index (κ1) is 15.2. The number of ketones is 1. The van der Waals surface area contributed by atoms with Crippen LogP contribution in [0.5, 0.6) is 0 Å². The van der Waals surface area contributed by atoms with Crippen molar-refractivity contribution in [3.63, 3.8) is 0 Å². The number of aryl methyl sites for hydroxylation is 3. The van der Waals surface area contributed by atoms with Crippen molar-refractivity contribution in [3.05, 3.63) is 67.4 Å². The van der Waals surface area contributed by atoms with E-state index in [1.807, 2.05) is 32.9 Å². The Hall–Kier alpha value is -1.19. The molecule has 0 aliphatic carbocycles. The van der Waals surface area contributed by atoms with Gasteiger partial charge in [0.05, 0.1) is 10.6 Å². The number of benzene rings is 2. The van der Waals surface area contributed by atoms with Gasteiger partial charge in [0.2, 0.25) is 0 Å². The van der Waals surface area contributed by atoms with E-state index in [9.17, 15) is 9.18 Å². The summed E-state index contributed by atoms with van der Waals surface area (Å²) < 4.78 is 14.4. The lowest BCUT2D eigenvalue weighted by Gasteiger charge is -2.11. The fraction of sp³-hybridized carbons (Fsp3) is 0.188.